The van der Waals surface area contributed by atoms with Gasteiger partial charge in [-0.3, -0.25) is 13.9 Å². The Labute approximate surface area is 225 Å². The number of hydrogen-bond donors (Lipinski definition) is 1. The third-order valence-corrected chi connectivity index (χ3v) is 8.08. The standard InChI is InChI=1S/C27H29BrFN3O4S/c1-4-30-27(34)20(3)31(17-21-8-5-6-11-25(21)29)26(33)18-32(23-10-7-9-22(28)16-23)37(35,36)24-14-12-19(2)13-15-24/h5-16,20H,4,17-18H2,1-3H3,(H,30,34)/t20-/m0/s1. The van der Waals surface area contributed by atoms with Crippen molar-refractivity contribution in [2.24, 2.45) is 0 Å². The van der Waals surface area contributed by atoms with Crippen LogP contribution in [-0.4, -0.2) is 44.3 Å². The van der Waals surface area contributed by atoms with Gasteiger partial charge in [0, 0.05) is 23.1 Å². The Morgan fingerprint density at radius 3 is 2.32 bits per heavy atom. The number of carbonyl (C=O) groups excluding carboxylic acids is 2. The van der Waals surface area contributed by atoms with Crippen LogP contribution in [0.5, 0.6) is 0 Å². The van der Waals surface area contributed by atoms with E-state index in [0.29, 0.717) is 11.0 Å². The predicted octanol–water partition coefficient (Wildman–Crippen LogP) is 4.65. The number of amides is 2. The van der Waals surface area contributed by atoms with E-state index >= 15 is 0 Å². The average molecular weight is 591 g/mol. The highest BCUT2D eigenvalue weighted by Crippen LogP contribution is 2.27. The van der Waals surface area contributed by atoms with Gasteiger partial charge < -0.3 is 10.2 Å². The molecule has 0 aliphatic carbocycles. The minimum absolute atomic E-state index is 0.0169. The van der Waals surface area contributed by atoms with Gasteiger partial charge in [0.15, 0.2) is 0 Å². The summed E-state index contributed by atoms with van der Waals surface area (Å²) in [6, 6.07) is 17.9. The molecule has 196 valence electrons. The lowest BCUT2D eigenvalue weighted by Crippen LogP contribution is -2.51. The second kappa shape index (κ2) is 12.3. The average Bonchev–Trinajstić information content (AvgIpc) is 2.86. The van der Waals surface area contributed by atoms with Crippen LogP contribution in [0, 0.1) is 12.7 Å². The van der Waals surface area contributed by atoms with Crippen molar-refractivity contribution in [2.75, 3.05) is 17.4 Å². The van der Waals surface area contributed by atoms with E-state index in [1.54, 1.807) is 49.4 Å². The second-order valence-corrected chi connectivity index (χ2v) is 11.3. The third kappa shape index (κ3) is 6.95. The first-order valence-electron chi connectivity index (χ1n) is 11.7. The molecule has 0 saturated carbocycles. The Morgan fingerprint density at radius 2 is 1.70 bits per heavy atom. The SMILES string of the molecule is CCNC(=O)[C@H](C)N(Cc1ccccc1F)C(=O)CN(c1cccc(Br)c1)S(=O)(=O)c1ccc(C)cc1. The van der Waals surface area contributed by atoms with E-state index in [1.807, 2.05) is 6.92 Å². The predicted molar refractivity (Wildman–Crippen MR) is 145 cm³/mol. The number of benzene rings is 3. The molecular formula is C27H29BrFN3O4S. The monoisotopic (exact) mass is 589 g/mol. The molecule has 1 N–H and O–H groups in total. The van der Waals surface area contributed by atoms with Crippen molar-refractivity contribution in [1.29, 1.82) is 0 Å². The summed E-state index contributed by atoms with van der Waals surface area (Å²) in [5, 5.41) is 2.67. The Morgan fingerprint density at radius 1 is 1.03 bits per heavy atom. The smallest absolute Gasteiger partial charge is 0.264 e. The van der Waals surface area contributed by atoms with E-state index in [1.165, 1.54) is 42.2 Å². The van der Waals surface area contributed by atoms with Gasteiger partial charge in [-0.1, -0.05) is 57.9 Å². The molecule has 10 heteroatoms. The summed E-state index contributed by atoms with van der Waals surface area (Å²) in [5.41, 5.74) is 1.36. The first-order chi connectivity index (χ1) is 17.5. The van der Waals surface area contributed by atoms with Crippen molar-refractivity contribution >= 4 is 43.5 Å². The fourth-order valence-electron chi connectivity index (χ4n) is 3.71. The maximum atomic E-state index is 14.5. The number of nitrogens with one attached hydrogen (secondary N) is 1. The number of rotatable bonds is 10. The number of sulfonamides is 1. The molecule has 3 aromatic carbocycles. The molecule has 1 atom stereocenters. The Hall–Kier alpha value is -3.24. The molecule has 7 nitrogen and oxygen atoms in total. The van der Waals surface area contributed by atoms with Crippen LogP contribution in [0.15, 0.2) is 82.2 Å². The highest BCUT2D eigenvalue weighted by molar-refractivity contribution is 9.10. The number of anilines is 1. The highest BCUT2D eigenvalue weighted by atomic mass is 79.9. The van der Waals surface area contributed by atoms with E-state index in [-0.39, 0.29) is 22.7 Å². The number of likely N-dealkylation sites (N-methyl/N-ethyl adjacent to an activating group) is 1. The van der Waals surface area contributed by atoms with Crippen molar-refractivity contribution in [3.8, 4) is 0 Å². The third-order valence-electron chi connectivity index (χ3n) is 5.80. The molecule has 0 aliphatic heterocycles. The van der Waals surface area contributed by atoms with Gasteiger partial charge in [0.05, 0.1) is 10.6 Å². The quantitative estimate of drug-likeness (QED) is 0.373. The van der Waals surface area contributed by atoms with Crippen LogP contribution in [0.4, 0.5) is 10.1 Å². The molecule has 0 aromatic heterocycles. The summed E-state index contributed by atoms with van der Waals surface area (Å²) in [7, 11) is -4.16. The Bertz CT molecular complexity index is 1370. The molecule has 0 saturated heterocycles. The van der Waals surface area contributed by atoms with Crippen LogP contribution in [0.1, 0.15) is 25.0 Å². The first-order valence-corrected chi connectivity index (χ1v) is 13.9. The molecule has 0 heterocycles. The fourth-order valence-corrected chi connectivity index (χ4v) is 5.51. The topological polar surface area (TPSA) is 86.8 Å². The number of aryl methyl sites for hydroxylation is 1. The molecule has 37 heavy (non-hydrogen) atoms. The molecule has 0 bridgehead atoms. The lowest BCUT2D eigenvalue weighted by molar-refractivity contribution is -0.139. The van der Waals surface area contributed by atoms with Crippen LogP contribution < -0.4 is 9.62 Å². The summed E-state index contributed by atoms with van der Waals surface area (Å²) in [4.78, 5) is 27.6. The Balaban J connectivity index is 2.04. The van der Waals surface area contributed by atoms with Gasteiger partial charge in [-0.25, -0.2) is 12.8 Å². The van der Waals surface area contributed by atoms with E-state index in [9.17, 15) is 22.4 Å². The van der Waals surface area contributed by atoms with Crippen LogP contribution in [0.3, 0.4) is 0 Å². The molecule has 0 radical (unpaired) electrons. The normalized spacial score (nSPS) is 12.0. The van der Waals surface area contributed by atoms with Gasteiger partial charge in [-0.05, 0) is 57.2 Å². The van der Waals surface area contributed by atoms with Gasteiger partial charge in [-0.15, -0.1) is 0 Å². The lowest BCUT2D eigenvalue weighted by Gasteiger charge is -2.32. The van der Waals surface area contributed by atoms with Crippen molar-refractivity contribution < 1.29 is 22.4 Å². The largest absolute Gasteiger partial charge is 0.355 e. The molecule has 0 fully saturated rings. The maximum Gasteiger partial charge on any atom is 0.264 e. The molecule has 2 amide bonds. The van der Waals surface area contributed by atoms with Crippen molar-refractivity contribution in [1.82, 2.24) is 10.2 Å². The zero-order chi connectivity index (χ0) is 27.2. The summed E-state index contributed by atoms with van der Waals surface area (Å²) < 4.78 is 43.6. The van der Waals surface area contributed by atoms with Gasteiger partial charge in [0.1, 0.15) is 18.4 Å². The summed E-state index contributed by atoms with van der Waals surface area (Å²) in [6.45, 7) is 4.66. The maximum absolute atomic E-state index is 14.5. The fraction of sp³-hybridized carbons (Fsp3) is 0.259. The van der Waals surface area contributed by atoms with Crippen LogP contribution in [0.2, 0.25) is 0 Å². The van der Waals surface area contributed by atoms with Crippen molar-refractivity contribution in [3.05, 3.63) is 94.2 Å². The van der Waals surface area contributed by atoms with Crippen LogP contribution >= 0.6 is 15.9 Å². The number of nitrogens with zero attached hydrogens (tertiary/aromatic N) is 2. The zero-order valence-electron chi connectivity index (χ0n) is 20.8. The van der Waals surface area contributed by atoms with Gasteiger partial charge in [0.2, 0.25) is 11.8 Å². The van der Waals surface area contributed by atoms with Crippen molar-refractivity contribution in [3.63, 3.8) is 0 Å². The van der Waals surface area contributed by atoms with Gasteiger partial charge >= 0.3 is 0 Å². The summed E-state index contributed by atoms with van der Waals surface area (Å²) in [5.74, 6) is -1.61. The highest BCUT2D eigenvalue weighted by Gasteiger charge is 2.32. The van der Waals surface area contributed by atoms with Crippen LogP contribution in [-0.2, 0) is 26.2 Å². The van der Waals surface area contributed by atoms with Crippen molar-refractivity contribution in [2.45, 2.75) is 38.3 Å². The molecule has 0 unspecified atom stereocenters. The minimum Gasteiger partial charge on any atom is -0.355 e. The lowest BCUT2D eigenvalue weighted by atomic mass is 10.1. The Kier molecular flexibility index (Phi) is 9.45. The number of hydrogen-bond acceptors (Lipinski definition) is 4. The molecule has 0 aliphatic rings. The van der Waals surface area contributed by atoms with E-state index in [2.05, 4.69) is 21.2 Å². The molecular weight excluding hydrogens is 561 g/mol. The summed E-state index contributed by atoms with van der Waals surface area (Å²) in [6.07, 6.45) is 0. The zero-order valence-corrected chi connectivity index (χ0v) is 23.2. The molecule has 3 rings (SSSR count). The van der Waals surface area contributed by atoms with E-state index in [0.717, 1.165) is 9.87 Å². The minimum atomic E-state index is -4.16. The van der Waals surface area contributed by atoms with Crippen LogP contribution in [0.25, 0.3) is 0 Å². The number of carbonyl (C=O) groups is 2. The first kappa shape index (κ1) is 28.3. The second-order valence-electron chi connectivity index (χ2n) is 8.49. The van der Waals surface area contributed by atoms with Gasteiger partial charge in [0.25, 0.3) is 10.0 Å². The van der Waals surface area contributed by atoms with E-state index < -0.39 is 40.2 Å². The molecule has 3 aromatic rings. The number of halogens is 2. The van der Waals surface area contributed by atoms with Gasteiger partial charge in [-0.2, -0.15) is 0 Å². The van der Waals surface area contributed by atoms with E-state index in [4.69, 9.17) is 0 Å². The summed E-state index contributed by atoms with van der Waals surface area (Å²) >= 11 is 3.36. The molecule has 0 spiro atoms.